The van der Waals surface area contributed by atoms with Gasteiger partial charge in [-0.1, -0.05) is 48.5 Å². The molecular weight excluding hydrogens is 412 g/mol. The molecule has 0 saturated heterocycles. The number of carbonyl (C=O) groups is 1. The number of nitrogens with zero attached hydrogens (tertiary/aromatic N) is 2. The van der Waals surface area contributed by atoms with E-state index < -0.39 is 0 Å². The second kappa shape index (κ2) is 8.74. The van der Waals surface area contributed by atoms with Crippen molar-refractivity contribution in [1.82, 2.24) is 19.9 Å². The Kier molecular flexibility index (Phi) is 5.48. The smallest absolute Gasteiger partial charge is 0.272 e. The van der Waals surface area contributed by atoms with Crippen LogP contribution in [0.4, 0.5) is 0 Å². The number of aromatic nitrogens is 3. The number of rotatable bonds is 6. The molecule has 0 aliphatic rings. The van der Waals surface area contributed by atoms with Crippen molar-refractivity contribution in [3.8, 4) is 0 Å². The van der Waals surface area contributed by atoms with Gasteiger partial charge in [-0.2, -0.15) is 0 Å². The third-order valence-electron chi connectivity index (χ3n) is 5.91. The first-order valence-electron chi connectivity index (χ1n) is 11.0. The maximum absolute atomic E-state index is 12.8. The zero-order valence-corrected chi connectivity index (χ0v) is 18.3. The lowest BCUT2D eigenvalue weighted by Gasteiger charge is -2.12. The normalized spacial score (nSPS) is 11.2. The van der Waals surface area contributed by atoms with Gasteiger partial charge in [-0.25, -0.2) is 4.98 Å². The van der Waals surface area contributed by atoms with E-state index in [0.29, 0.717) is 35.4 Å². The van der Waals surface area contributed by atoms with Crippen molar-refractivity contribution in [2.45, 2.75) is 19.9 Å². The van der Waals surface area contributed by atoms with Crippen LogP contribution < -0.4 is 10.9 Å². The summed E-state index contributed by atoms with van der Waals surface area (Å²) < 4.78 is 1.71. The third-order valence-corrected chi connectivity index (χ3v) is 5.91. The molecule has 2 aromatic heterocycles. The van der Waals surface area contributed by atoms with E-state index in [2.05, 4.69) is 21.4 Å². The largest absolute Gasteiger partial charge is 0.361 e. The van der Waals surface area contributed by atoms with Crippen molar-refractivity contribution >= 4 is 27.8 Å². The van der Waals surface area contributed by atoms with Gasteiger partial charge in [-0.3, -0.25) is 9.59 Å². The molecule has 6 nitrogen and oxygen atoms in total. The average Bonchev–Trinajstić information content (AvgIpc) is 3.25. The molecular formula is C27H24N4O2. The summed E-state index contributed by atoms with van der Waals surface area (Å²) in [6.07, 6.45) is 2.73. The molecule has 0 spiro atoms. The highest BCUT2D eigenvalue weighted by molar-refractivity contribution is 5.97. The zero-order chi connectivity index (χ0) is 22.8. The van der Waals surface area contributed by atoms with E-state index in [4.69, 9.17) is 0 Å². The molecule has 3 aromatic carbocycles. The van der Waals surface area contributed by atoms with Crippen LogP contribution in [0.2, 0.25) is 0 Å². The maximum Gasteiger partial charge on any atom is 0.272 e. The topological polar surface area (TPSA) is 79.8 Å². The van der Waals surface area contributed by atoms with Crippen molar-refractivity contribution in [1.29, 1.82) is 0 Å². The van der Waals surface area contributed by atoms with Crippen LogP contribution in [-0.4, -0.2) is 27.0 Å². The van der Waals surface area contributed by atoms with E-state index in [1.54, 1.807) is 29.7 Å². The molecule has 0 fully saturated rings. The molecule has 5 aromatic rings. The summed E-state index contributed by atoms with van der Waals surface area (Å²) in [5, 5.41) is 4.17. The highest BCUT2D eigenvalue weighted by Crippen LogP contribution is 2.18. The highest BCUT2D eigenvalue weighted by atomic mass is 16.1. The van der Waals surface area contributed by atoms with Gasteiger partial charge in [-0.15, -0.1) is 0 Å². The van der Waals surface area contributed by atoms with Crippen LogP contribution in [0.3, 0.4) is 0 Å². The van der Waals surface area contributed by atoms with Gasteiger partial charge < -0.3 is 14.9 Å². The predicted molar refractivity (Wildman–Crippen MR) is 131 cm³/mol. The van der Waals surface area contributed by atoms with Gasteiger partial charge >= 0.3 is 0 Å². The minimum absolute atomic E-state index is 0.123. The fourth-order valence-electron chi connectivity index (χ4n) is 4.19. The number of hydrogen-bond donors (Lipinski definition) is 2. The molecule has 5 rings (SSSR count). The van der Waals surface area contributed by atoms with Gasteiger partial charge in [0.1, 0.15) is 5.69 Å². The number of hydrogen-bond acceptors (Lipinski definition) is 3. The number of aryl methyl sites for hydroxylation is 1. The number of fused-ring (bicyclic) bond motifs is 2. The number of H-pyrrole nitrogens is 1. The first kappa shape index (κ1) is 20.7. The second-order valence-corrected chi connectivity index (χ2v) is 8.14. The molecule has 0 aliphatic carbocycles. The van der Waals surface area contributed by atoms with Gasteiger partial charge in [0.25, 0.3) is 11.5 Å². The van der Waals surface area contributed by atoms with E-state index in [9.17, 15) is 9.59 Å². The van der Waals surface area contributed by atoms with Crippen molar-refractivity contribution in [3.05, 3.63) is 112 Å². The lowest BCUT2D eigenvalue weighted by molar-refractivity contribution is 0.0954. The summed E-state index contributed by atoms with van der Waals surface area (Å²) in [5.74, 6) is -0.156. The van der Waals surface area contributed by atoms with Crippen LogP contribution in [0, 0.1) is 6.92 Å². The molecule has 164 valence electrons. The van der Waals surface area contributed by atoms with Gasteiger partial charge in [-0.05, 0) is 48.7 Å². The van der Waals surface area contributed by atoms with Crippen LogP contribution in [0.5, 0.6) is 0 Å². The van der Waals surface area contributed by atoms with Gasteiger partial charge in [0, 0.05) is 29.2 Å². The highest BCUT2D eigenvalue weighted by Gasteiger charge is 2.13. The first-order chi connectivity index (χ1) is 16.1. The quantitative estimate of drug-likeness (QED) is 0.419. The molecule has 0 aliphatic heterocycles. The third kappa shape index (κ3) is 4.15. The molecule has 0 unspecified atom stereocenters. The fourth-order valence-corrected chi connectivity index (χ4v) is 4.19. The second-order valence-electron chi connectivity index (χ2n) is 8.14. The van der Waals surface area contributed by atoms with Crippen LogP contribution in [0.25, 0.3) is 21.9 Å². The predicted octanol–water partition coefficient (Wildman–Crippen LogP) is 4.21. The Morgan fingerprint density at radius 1 is 1.03 bits per heavy atom. The van der Waals surface area contributed by atoms with Crippen molar-refractivity contribution in [3.63, 3.8) is 0 Å². The lowest BCUT2D eigenvalue weighted by Crippen LogP contribution is -2.27. The van der Waals surface area contributed by atoms with Crippen molar-refractivity contribution < 1.29 is 4.79 Å². The van der Waals surface area contributed by atoms with E-state index >= 15 is 0 Å². The number of para-hydroxylation sites is 1. The average molecular weight is 437 g/mol. The van der Waals surface area contributed by atoms with Crippen LogP contribution in [0.1, 0.15) is 27.2 Å². The summed E-state index contributed by atoms with van der Waals surface area (Å²) >= 11 is 0. The number of benzene rings is 3. The summed E-state index contributed by atoms with van der Waals surface area (Å²) in [6, 6.07) is 23.3. The van der Waals surface area contributed by atoms with Crippen LogP contribution in [-0.2, 0) is 13.0 Å². The number of nitrogens with one attached hydrogen (secondary N) is 2. The maximum atomic E-state index is 12.8. The molecule has 0 atom stereocenters. The van der Waals surface area contributed by atoms with Crippen molar-refractivity contribution in [2.24, 2.45) is 0 Å². The Balaban J connectivity index is 1.35. The Morgan fingerprint density at radius 3 is 2.67 bits per heavy atom. The monoisotopic (exact) mass is 436 g/mol. The summed E-state index contributed by atoms with van der Waals surface area (Å²) in [6.45, 7) is 2.69. The summed E-state index contributed by atoms with van der Waals surface area (Å²) in [5.41, 5.74) is 5.46. The Hall–Kier alpha value is -4.19. The molecule has 6 heteroatoms. The summed E-state index contributed by atoms with van der Waals surface area (Å²) in [7, 11) is 0. The first-order valence-corrected chi connectivity index (χ1v) is 11.0. The van der Waals surface area contributed by atoms with E-state index in [-0.39, 0.29) is 11.5 Å². The zero-order valence-electron chi connectivity index (χ0n) is 18.3. The molecule has 33 heavy (non-hydrogen) atoms. The SMILES string of the molecule is Cc1nc2cc(C(=O)NCCc3c[nH]c4ccccc34)ccc2n(Cc2ccccc2)c1=O. The Morgan fingerprint density at radius 2 is 1.82 bits per heavy atom. The molecule has 2 N–H and O–H groups in total. The number of carbonyl (C=O) groups excluding carboxylic acids is 1. The van der Waals surface area contributed by atoms with Gasteiger partial charge in [0.2, 0.25) is 0 Å². The lowest BCUT2D eigenvalue weighted by atomic mass is 10.1. The van der Waals surface area contributed by atoms with Crippen LogP contribution in [0.15, 0.2) is 83.8 Å². The minimum atomic E-state index is -0.156. The van der Waals surface area contributed by atoms with E-state index in [1.165, 1.54) is 10.9 Å². The van der Waals surface area contributed by atoms with Crippen LogP contribution >= 0.6 is 0 Å². The fraction of sp³-hybridized carbons (Fsp3) is 0.148. The Bertz CT molecular complexity index is 1520. The Labute approximate surface area is 190 Å². The molecule has 1 amide bonds. The van der Waals surface area contributed by atoms with E-state index in [1.807, 2.05) is 54.7 Å². The molecule has 0 bridgehead atoms. The van der Waals surface area contributed by atoms with Gasteiger partial charge in [0.05, 0.1) is 17.6 Å². The summed E-state index contributed by atoms with van der Waals surface area (Å²) in [4.78, 5) is 33.3. The molecule has 0 saturated carbocycles. The standard InChI is InChI=1S/C27H24N4O2/c1-18-27(33)31(17-19-7-3-2-4-8-19)25-12-11-20(15-24(25)30-18)26(32)28-14-13-21-16-29-23-10-6-5-9-22(21)23/h2-12,15-16,29H,13-14,17H2,1H3,(H,28,32). The molecule has 0 radical (unpaired) electrons. The minimum Gasteiger partial charge on any atom is -0.361 e. The van der Waals surface area contributed by atoms with E-state index in [0.717, 1.165) is 17.5 Å². The molecule has 2 heterocycles. The van der Waals surface area contributed by atoms with Crippen molar-refractivity contribution in [2.75, 3.05) is 6.54 Å². The number of amides is 1. The van der Waals surface area contributed by atoms with Gasteiger partial charge in [0.15, 0.2) is 0 Å². The number of aromatic amines is 1.